The van der Waals surface area contributed by atoms with Crippen LogP contribution >= 0.6 is 0 Å². The van der Waals surface area contributed by atoms with Crippen molar-refractivity contribution in [1.29, 1.82) is 0 Å². The Balaban J connectivity index is 1.51. The lowest BCUT2D eigenvalue weighted by Crippen LogP contribution is -2.32. The summed E-state index contributed by atoms with van der Waals surface area (Å²) in [5.41, 5.74) is 0.445. The van der Waals surface area contributed by atoms with Crippen LogP contribution in [0.2, 0.25) is 0 Å². The highest BCUT2D eigenvalue weighted by Gasteiger charge is 2.15. The minimum Gasteiger partial charge on any atom is -0.493 e. The SMILES string of the molecule is COc1cc(C(=O)NCC(=O)Nc2ccc(Oc3ccc(F)cc3)nc2)ccc1OC(F)F. The Labute approximate surface area is 186 Å². The Kier molecular flexibility index (Phi) is 7.68. The molecule has 3 rings (SSSR count). The molecule has 0 aliphatic rings. The standard InChI is InChI=1S/C22H18F3N3O5/c1-31-18-10-13(2-8-17(18)33-22(24)25)21(30)27-12-19(29)28-15-5-9-20(26-11-15)32-16-6-3-14(23)4-7-16/h2-11,22H,12H2,1H3,(H,27,30)(H,28,29). The molecule has 0 aliphatic heterocycles. The van der Waals surface area contributed by atoms with E-state index < -0.39 is 24.2 Å². The molecule has 0 fully saturated rings. The monoisotopic (exact) mass is 461 g/mol. The molecule has 3 aromatic rings. The number of alkyl halides is 2. The highest BCUT2D eigenvalue weighted by atomic mass is 19.3. The highest BCUT2D eigenvalue weighted by Crippen LogP contribution is 2.29. The highest BCUT2D eigenvalue weighted by molar-refractivity contribution is 5.99. The van der Waals surface area contributed by atoms with Gasteiger partial charge in [-0.05, 0) is 48.5 Å². The van der Waals surface area contributed by atoms with Crippen LogP contribution in [0.4, 0.5) is 18.9 Å². The Morgan fingerprint density at radius 1 is 1.03 bits per heavy atom. The van der Waals surface area contributed by atoms with Crippen molar-refractivity contribution in [1.82, 2.24) is 10.3 Å². The number of halogens is 3. The molecule has 0 spiro atoms. The molecule has 11 heteroatoms. The predicted octanol–water partition coefficient (Wildman–Crippen LogP) is 3.99. The maximum absolute atomic E-state index is 12.9. The van der Waals surface area contributed by atoms with Crippen LogP contribution in [-0.4, -0.2) is 37.1 Å². The van der Waals surface area contributed by atoms with Gasteiger partial charge in [-0.1, -0.05) is 0 Å². The van der Waals surface area contributed by atoms with Crippen LogP contribution in [0, 0.1) is 5.82 Å². The molecule has 1 heterocycles. The molecule has 2 aromatic carbocycles. The van der Waals surface area contributed by atoms with Crippen molar-refractivity contribution in [2.24, 2.45) is 0 Å². The van der Waals surface area contributed by atoms with E-state index in [4.69, 9.17) is 9.47 Å². The third-order valence-corrected chi connectivity index (χ3v) is 4.11. The van der Waals surface area contributed by atoms with Crippen LogP contribution in [0.25, 0.3) is 0 Å². The molecule has 0 bridgehead atoms. The van der Waals surface area contributed by atoms with Gasteiger partial charge in [0.05, 0.1) is 25.5 Å². The van der Waals surface area contributed by atoms with Gasteiger partial charge < -0.3 is 24.8 Å². The van der Waals surface area contributed by atoms with Gasteiger partial charge in [-0.15, -0.1) is 0 Å². The van der Waals surface area contributed by atoms with Gasteiger partial charge in [0.1, 0.15) is 11.6 Å². The number of pyridine rings is 1. The second kappa shape index (κ2) is 10.8. The molecular weight excluding hydrogens is 443 g/mol. The number of hydrogen-bond donors (Lipinski definition) is 2. The van der Waals surface area contributed by atoms with Gasteiger partial charge in [0.2, 0.25) is 11.8 Å². The van der Waals surface area contributed by atoms with Crippen LogP contribution in [0.3, 0.4) is 0 Å². The van der Waals surface area contributed by atoms with Gasteiger partial charge in [0.25, 0.3) is 5.91 Å². The number of amides is 2. The number of anilines is 1. The number of rotatable bonds is 9. The number of hydrogen-bond acceptors (Lipinski definition) is 6. The zero-order valence-electron chi connectivity index (χ0n) is 17.2. The normalized spacial score (nSPS) is 10.5. The van der Waals surface area contributed by atoms with Crippen LogP contribution < -0.4 is 24.8 Å². The molecule has 0 unspecified atom stereocenters. The number of benzene rings is 2. The van der Waals surface area contributed by atoms with Crippen molar-refractivity contribution < 1.29 is 37.0 Å². The van der Waals surface area contributed by atoms with E-state index in [9.17, 15) is 22.8 Å². The number of nitrogens with one attached hydrogen (secondary N) is 2. The van der Waals surface area contributed by atoms with Crippen LogP contribution in [0.15, 0.2) is 60.8 Å². The molecule has 1 aromatic heterocycles. The fourth-order valence-corrected chi connectivity index (χ4v) is 2.61. The summed E-state index contributed by atoms with van der Waals surface area (Å²) in [4.78, 5) is 28.4. The third-order valence-electron chi connectivity index (χ3n) is 4.11. The quantitative estimate of drug-likeness (QED) is 0.500. The molecule has 33 heavy (non-hydrogen) atoms. The van der Waals surface area contributed by atoms with Gasteiger partial charge in [-0.3, -0.25) is 9.59 Å². The molecule has 2 N–H and O–H groups in total. The first-order valence-corrected chi connectivity index (χ1v) is 9.44. The average Bonchev–Trinajstić information content (AvgIpc) is 2.80. The van der Waals surface area contributed by atoms with Crippen LogP contribution in [0.5, 0.6) is 23.1 Å². The topological polar surface area (TPSA) is 98.8 Å². The number of carbonyl (C=O) groups is 2. The first-order chi connectivity index (χ1) is 15.8. The van der Waals surface area contributed by atoms with Crippen molar-refractivity contribution >= 4 is 17.5 Å². The van der Waals surface area contributed by atoms with Crippen LogP contribution in [0.1, 0.15) is 10.4 Å². The van der Waals surface area contributed by atoms with Crippen molar-refractivity contribution in [3.63, 3.8) is 0 Å². The number of aromatic nitrogens is 1. The first-order valence-electron chi connectivity index (χ1n) is 9.44. The lowest BCUT2D eigenvalue weighted by atomic mass is 10.2. The average molecular weight is 461 g/mol. The molecular formula is C22H18F3N3O5. The number of ether oxygens (including phenoxy) is 3. The van der Waals surface area contributed by atoms with E-state index in [-0.39, 0.29) is 29.5 Å². The Hall–Kier alpha value is -4.28. The maximum Gasteiger partial charge on any atom is 0.387 e. The van der Waals surface area contributed by atoms with Gasteiger partial charge in [-0.25, -0.2) is 9.37 Å². The van der Waals surface area contributed by atoms with E-state index in [1.807, 2.05) is 0 Å². The molecule has 0 aliphatic carbocycles. The molecule has 0 radical (unpaired) electrons. The molecule has 8 nitrogen and oxygen atoms in total. The molecule has 2 amide bonds. The summed E-state index contributed by atoms with van der Waals surface area (Å²) in [6.07, 6.45) is 1.35. The molecule has 0 saturated heterocycles. The van der Waals surface area contributed by atoms with E-state index in [1.165, 1.54) is 67.9 Å². The van der Waals surface area contributed by atoms with Gasteiger partial charge >= 0.3 is 6.61 Å². The van der Waals surface area contributed by atoms with E-state index in [0.717, 1.165) is 0 Å². The lowest BCUT2D eigenvalue weighted by Gasteiger charge is -2.11. The minimum atomic E-state index is -3.04. The summed E-state index contributed by atoms with van der Waals surface area (Å²) in [7, 11) is 1.24. The van der Waals surface area contributed by atoms with Crippen LogP contribution in [-0.2, 0) is 4.79 Å². The molecule has 0 atom stereocenters. The Morgan fingerprint density at radius 3 is 2.42 bits per heavy atom. The summed E-state index contributed by atoms with van der Waals surface area (Å²) < 4.78 is 52.4. The summed E-state index contributed by atoms with van der Waals surface area (Å²) in [5.74, 6) is -1.18. The third kappa shape index (κ3) is 6.86. The van der Waals surface area contributed by atoms with E-state index in [2.05, 4.69) is 20.4 Å². The van der Waals surface area contributed by atoms with Gasteiger partial charge in [0.15, 0.2) is 11.5 Å². The van der Waals surface area contributed by atoms with Gasteiger partial charge in [-0.2, -0.15) is 8.78 Å². The van der Waals surface area contributed by atoms with E-state index in [1.54, 1.807) is 0 Å². The van der Waals surface area contributed by atoms with Crippen molar-refractivity contribution in [3.05, 3.63) is 72.2 Å². The zero-order chi connectivity index (χ0) is 23.8. The summed E-state index contributed by atoms with van der Waals surface area (Å²) in [6, 6.07) is 12.1. The van der Waals surface area contributed by atoms with E-state index >= 15 is 0 Å². The first kappa shape index (κ1) is 23.4. The number of carbonyl (C=O) groups excluding carboxylic acids is 2. The summed E-state index contributed by atoms with van der Waals surface area (Å²) >= 11 is 0. The summed E-state index contributed by atoms with van der Waals surface area (Å²) in [5, 5.41) is 4.96. The Bertz CT molecular complexity index is 1110. The second-order valence-corrected chi connectivity index (χ2v) is 6.42. The van der Waals surface area contributed by atoms with Crippen molar-refractivity contribution in [2.75, 3.05) is 19.0 Å². The largest absolute Gasteiger partial charge is 0.493 e. The lowest BCUT2D eigenvalue weighted by molar-refractivity contribution is -0.115. The van der Waals surface area contributed by atoms with Crippen molar-refractivity contribution in [3.8, 4) is 23.1 Å². The Morgan fingerprint density at radius 2 is 1.79 bits per heavy atom. The number of nitrogens with zero attached hydrogens (tertiary/aromatic N) is 1. The van der Waals surface area contributed by atoms with E-state index in [0.29, 0.717) is 11.4 Å². The minimum absolute atomic E-state index is 0.0542. The zero-order valence-corrected chi connectivity index (χ0v) is 17.2. The molecule has 0 saturated carbocycles. The molecule has 172 valence electrons. The smallest absolute Gasteiger partial charge is 0.387 e. The fourth-order valence-electron chi connectivity index (χ4n) is 2.61. The number of methoxy groups -OCH3 is 1. The summed E-state index contributed by atoms with van der Waals surface area (Å²) in [6.45, 7) is -3.40. The predicted molar refractivity (Wildman–Crippen MR) is 111 cm³/mol. The maximum atomic E-state index is 12.9. The second-order valence-electron chi connectivity index (χ2n) is 6.42. The fraction of sp³-hybridized carbons (Fsp3) is 0.136. The van der Waals surface area contributed by atoms with Gasteiger partial charge in [0, 0.05) is 11.6 Å². The van der Waals surface area contributed by atoms with Crippen molar-refractivity contribution in [2.45, 2.75) is 6.61 Å².